The number of nitrogen functional groups attached to an aromatic ring is 1. The summed E-state index contributed by atoms with van der Waals surface area (Å²) in [7, 11) is -3.29. The van der Waals surface area contributed by atoms with Crippen LogP contribution in [0.25, 0.3) is 0 Å². The lowest BCUT2D eigenvalue weighted by molar-refractivity contribution is 0.569. The summed E-state index contributed by atoms with van der Waals surface area (Å²) in [5.41, 5.74) is 5.90. The first kappa shape index (κ1) is 15.1. The van der Waals surface area contributed by atoms with Crippen molar-refractivity contribution in [2.24, 2.45) is 5.92 Å². The monoisotopic (exact) mass is 329 g/mol. The van der Waals surface area contributed by atoms with Crippen LogP contribution in [0.4, 0.5) is 10.8 Å². The van der Waals surface area contributed by atoms with Crippen molar-refractivity contribution in [1.82, 2.24) is 4.37 Å². The average Bonchev–Trinajstić information content (AvgIpc) is 3.26. The smallest absolute Gasteiger partial charge is 0.187 e. The second-order valence-electron chi connectivity index (χ2n) is 6.55. The quantitative estimate of drug-likeness (QED) is 0.832. The molecule has 3 rings (SSSR count). The van der Waals surface area contributed by atoms with Crippen LogP contribution in [0.3, 0.4) is 0 Å². The molecule has 5 nitrogen and oxygen atoms in total. The van der Waals surface area contributed by atoms with E-state index in [4.69, 9.17) is 5.73 Å². The van der Waals surface area contributed by atoms with Gasteiger partial charge in [-0.2, -0.15) is 4.37 Å². The number of nitrogens with two attached hydrogens (primary N) is 1. The minimum absolute atomic E-state index is 0.192. The Balaban J connectivity index is 1.93. The van der Waals surface area contributed by atoms with Gasteiger partial charge in [0.15, 0.2) is 15.7 Å². The van der Waals surface area contributed by atoms with Crippen LogP contribution in [0.5, 0.6) is 0 Å². The van der Waals surface area contributed by atoms with E-state index in [1.807, 2.05) is 0 Å². The van der Waals surface area contributed by atoms with Crippen LogP contribution in [0.2, 0.25) is 0 Å². The summed E-state index contributed by atoms with van der Waals surface area (Å²) in [5.74, 6) is 0.789. The molecule has 2 fully saturated rings. The van der Waals surface area contributed by atoms with Crippen molar-refractivity contribution >= 4 is 32.2 Å². The minimum Gasteiger partial charge on any atom is -0.382 e. The van der Waals surface area contributed by atoms with Crippen LogP contribution in [0.1, 0.15) is 46.0 Å². The number of hydrogen-bond acceptors (Lipinski definition) is 6. The van der Waals surface area contributed by atoms with Gasteiger partial charge in [-0.15, -0.1) is 0 Å². The van der Waals surface area contributed by atoms with Gasteiger partial charge < -0.3 is 10.6 Å². The SMILES string of the molecule is CC(C)CCN(c1snc(N)c1S(=O)(=O)C1CC1)C1CC1. The Labute approximate surface area is 130 Å². The maximum Gasteiger partial charge on any atom is 0.187 e. The summed E-state index contributed by atoms with van der Waals surface area (Å²) in [6, 6.07) is 0.469. The van der Waals surface area contributed by atoms with E-state index < -0.39 is 9.84 Å². The highest BCUT2D eigenvalue weighted by Gasteiger charge is 2.43. The lowest BCUT2D eigenvalue weighted by Crippen LogP contribution is -2.28. The van der Waals surface area contributed by atoms with E-state index in [0.717, 1.165) is 43.6 Å². The van der Waals surface area contributed by atoms with E-state index >= 15 is 0 Å². The Kier molecular flexibility index (Phi) is 3.90. The molecule has 118 valence electrons. The van der Waals surface area contributed by atoms with Crippen molar-refractivity contribution in [3.8, 4) is 0 Å². The molecular weight excluding hydrogens is 306 g/mol. The fraction of sp³-hybridized carbons (Fsp3) is 0.786. The number of rotatable bonds is 7. The van der Waals surface area contributed by atoms with Crippen molar-refractivity contribution in [1.29, 1.82) is 0 Å². The topological polar surface area (TPSA) is 76.3 Å². The van der Waals surface area contributed by atoms with Crippen LogP contribution >= 0.6 is 11.5 Å². The van der Waals surface area contributed by atoms with Crippen LogP contribution < -0.4 is 10.6 Å². The Hall–Kier alpha value is -0.820. The van der Waals surface area contributed by atoms with E-state index in [1.54, 1.807) is 0 Å². The number of nitrogens with zero attached hydrogens (tertiary/aromatic N) is 2. The summed E-state index contributed by atoms with van der Waals surface area (Å²) in [6.45, 7) is 5.26. The van der Waals surface area contributed by atoms with E-state index in [-0.39, 0.29) is 11.1 Å². The second kappa shape index (κ2) is 5.43. The molecule has 2 aliphatic carbocycles. The van der Waals surface area contributed by atoms with E-state index in [1.165, 1.54) is 11.5 Å². The Morgan fingerprint density at radius 3 is 2.52 bits per heavy atom. The Bertz CT molecular complexity index is 616. The van der Waals surface area contributed by atoms with Crippen LogP contribution in [-0.2, 0) is 9.84 Å². The average molecular weight is 329 g/mol. The van der Waals surface area contributed by atoms with Crippen LogP contribution in [-0.4, -0.2) is 30.6 Å². The summed E-state index contributed by atoms with van der Waals surface area (Å²) < 4.78 is 29.4. The number of aromatic nitrogens is 1. The number of sulfone groups is 1. The molecule has 0 saturated heterocycles. The van der Waals surface area contributed by atoms with Crippen molar-refractivity contribution in [3.05, 3.63) is 0 Å². The van der Waals surface area contributed by atoms with Gasteiger partial charge in [-0.05, 0) is 49.6 Å². The normalized spacial score (nSPS) is 19.2. The lowest BCUT2D eigenvalue weighted by atomic mass is 10.1. The number of hydrogen-bond donors (Lipinski definition) is 1. The largest absolute Gasteiger partial charge is 0.382 e. The predicted octanol–water partition coefficient (Wildman–Crippen LogP) is 2.68. The molecule has 1 aromatic rings. The standard InChI is InChI=1S/C14H23N3O2S2/c1-9(2)7-8-17(10-3-4-10)14-12(13(15)16-20-14)21(18,19)11-5-6-11/h9-11H,3-8H2,1-2H3,(H2,15,16). The molecule has 2 saturated carbocycles. The molecule has 7 heteroatoms. The molecule has 2 N–H and O–H groups in total. The molecule has 0 amide bonds. The van der Waals surface area contributed by atoms with Gasteiger partial charge in [-0.25, -0.2) is 8.42 Å². The molecule has 2 aliphatic rings. The van der Waals surface area contributed by atoms with Gasteiger partial charge in [0.05, 0.1) is 5.25 Å². The van der Waals surface area contributed by atoms with Crippen LogP contribution in [0.15, 0.2) is 4.90 Å². The van der Waals surface area contributed by atoms with E-state index in [2.05, 4.69) is 23.1 Å². The third kappa shape index (κ3) is 3.04. The number of anilines is 2. The van der Waals surface area contributed by atoms with E-state index in [0.29, 0.717) is 16.9 Å². The molecule has 0 radical (unpaired) electrons. The molecule has 0 unspecified atom stereocenters. The Morgan fingerprint density at radius 1 is 1.33 bits per heavy atom. The summed E-state index contributed by atoms with van der Waals surface area (Å²) in [6.07, 6.45) is 4.84. The third-order valence-electron chi connectivity index (χ3n) is 4.10. The van der Waals surface area contributed by atoms with Crippen molar-refractivity contribution in [2.75, 3.05) is 17.2 Å². The van der Waals surface area contributed by atoms with Crippen molar-refractivity contribution in [2.45, 2.75) is 62.1 Å². The predicted molar refractivity (Wildman–Crippen MR) is 86.6 cm³/mol. The van der Waals surface area contributed by atoms with Crippen molar-refractivity contribution in [3.63, 3.8) is 0 Å². The molecule has 0 bridgehead atoms. The summed E-state index contributed by atoms with van der Waals surface area (Å²) >= 11 is 1.25. The first-order valence-corrected chi connectivity index (χ1v) is 9.99. The van der Waals surface area contributed by atoms with Crippen LogP contribution in [0, 0.1) is 5.92 Å². The van der Waals surface area contributed by atoms with Gasteiger partial charge in [0.1, 0.15) is 9.90 Å². The molecule has 21 heavy (non-hydrogen) atoms. The molecule has 1 heterocycles. The second-order valence-corrected chi connectivity index (χ2v) is 9.47. The van der Waals surface area contributed by atoms with Gasteiger partial charge in [0, 0.05) is 12.6 Å². The zero-order valence-electron chi connectivity index (χ0n) is 12.6. The molecule has 1 aromatic heterocycles. The first-order chi connectivity index (χ1) is 9.91. The molecule has 0 aliphatic heterocycles. The van der Waals surface area contributed by atoms with Gasteiger partial charge in [0.2, 0.25) is 0 Å². The summed E-state index contributed by atoms with van der Waals surface area (Å²) in [4.78, 5) is 2.55. The zero-order chi connectivity index (χ0) is 15.2. The lowest BCUT2D eigenvalue weighted by Gasteiger charge is -2.24. The third-order valence-corrected chi connectivity index (χ3v) is 7.45. The van der Waals surface area contributed by atoms with Gasteiger partial charge in [-0.3, -0.25) is 0 Å². The minimum atomic E-state index is -3.29. The maximum atomic E-state index is 12.6. The van der Waals surface area contributed by atoms with E-state index in [9.17, 15) is 8.42 Å². The van der Waals surface area contributed by atoms with Gasteiger partial charge in [0.25, 0.3) is 0 Å². The van der Waals surface area contributed by atoms with Crippen molar-refractivity contribution < 1.29 is 8.42 Å². The highest BCUT2D eigenvalue weighted by Crippen LogP contribution is 2.45. The first-order valence-electron chi connectivity index (χ1n) is 7.67. The molecule has 0 aromatic carbocycles. The zero-order valence-corrected chi connectivity index (χ0v) is 14.2. The molecule has 0 atom stereocenters. The fourth-order valence-corrected chi connectivity index (χ4v) is 5.63. The Morgan fingerprint density at radius 2 is 2.00 bits per heavy atom. The van der Waals surface area contributed by atoms with Gasteiger partial charge in [-0.1, -0.05) is 13.8 Å². The molecule has 0 spiro atoms. The molecular formula is C14H23N3O2S2. The highest BCUT2D eigenvalue weighted by atomic mass is 32.2. The maximum absolute atomic E-state index is 12.6. The summed E-state index contributed by atoms with van der Waals surface area (Å²) in [5, 5.41) is 0.545. The van der Waals surface area contributed by atoms with Gasteiger partial charge >= 0.3 is 0 Å². The highest BCUT2D eigenvalue weighted by molar-refractivity contribution is 7.92. The fourth-order valence-electron chi connectivity index (χ4n) is 2.51.